The summed E-state index contributed by atoms with van der Waals surface area (Å²) in [5, 5.41) is 4.00. The third-order valence-corrected chi connectivity index (χ3v) is 5.82. The summed E-state index contributed by atoms with van der Waals surface area (Å²) < 4.78 is 7.30. The molecule has 35 heavy (non-hydrogen) atoms. The minimum Gasteiger partial charge on any atom is -0.497 e. The zero-order valence-corrected chi connectivity index (χ0v) is 19.4. The van der Waals surface area contributed by atoms with Gasteiger partial charge in [0, 0.05) is 23.2 Å². The van der Waals surface area contributed by atoms with Crippen molar-refractivity contribution < 1.29 is 9.53 Å². The van der Waals surface area contributed by atoms with E-state index in [1.165, 1.54) is 0 Å². The van der Waals surface area contributed by atoms with E-state index in [0.29, 0.717) is 23.5 Å². The summed E-state index contributed by atoms with van der Waals surface area (Å²) in [5.74, 6) is 7.08. The fraction of sp³-hybridized carbons (Fsp3) is 0.0645. The lowest BCUT2D eigenvalue weighted by atomic mass is 10.1. The van der Waals surface area contributed by atoms with Crippen LogP contribution >= 0.6 is 0 Å². The van der Waals surface area contributed by atoms with Crippen LogP contribution in [-0.2, 0) is 6.54 Å². The highest BCUT2D eigenvalue weighted by molar-refractivity contribution is 6.09. The number of carbonyl (C=O) groups is 1. The average Bonchev–Trinajstić information content (AvgIpc) is 3.22. The Hall–Kier alpha value is -4.75. The summed E-state index contributed by atoms with van der Waals surface area (Å²) in [7, 11) is 1.62. The van der Waals surface area contributed by atoms with Gasteiger partial charge in [0.2, 0.25) is 0 Å². The van der Waals surface area contributed by atoms with Gasteiger partial charge in [-0.3, -0.25) is 4.79 Å². The standard InChI is InChI=1S/C31H24N2O2/c1-35-26-19-17-25(18-20-26)32-31(34)30-28(21-16-23-10-4-2-5-11-23)27-14-8-9-15-29(27)33(30)22-24-12-6-3-7-13-24/h2-15,17-20H,22H2,1H3,(H,32,34). The van der Waals surface area contributed by atoms with Crippen LogP contribution in [0.25, 0.3) is 10.9 Å². The predicted octanol–water partition coefficient (Wildman–Crippen LogP) is 6.35. The van der Waals surface area contributed by atoms with Crippen LogP contribution in [0.4, 0.5) is 5.69 Å². The van der Waals surface area contributed by atoms with Crippen molar-refractivity contribution in [1.82, 2.24) is 4.57 Å². The maximum absolute atomic E-state index is 13.8. The van der Waals surface area contributed by atoms with Crippen molar-refractivity contribution in [2.24, 2.45) is 0 Å². The Morgan fingerprint density at radius 1 is 0.800 bits per heavy atom. The van der Waals surface area contributed by atoms with Crippen molar-refractivity contribution in [3.05, 3.63) is 132 Å². The van der Waals surface area contributed by atoms with Crippen LogP contribution in [0.1, 0.15) is 27.2 Å². The number of hydrogen-bond donors (Lipinski definition) is 1. The van der Waals surface area contributed by atoms with Crippen LogP contribution in [-0.4, -0.2) is 17.6 Å². The van der Waals surface area contributed by atoms with Gasteiger partial charge < -0.3 is 14.6 Å². The van der Waals surface area contributed by atoms with E-state index in [-0.39, 0.29) is 5.91 Å². The number of nitrogens with zero attached hydrogens (tertiary/aromatic N) is 1. The lowest BCUT2D eigenvalue weighted by Crippen LogP contribution is -2.19. The van der Waals surface area contributed by atoms with Gasteiger partial charge in [0.15, 0.2) is 0 Å². The molecule has 1 heterocycles. The number of anilines is 1. The van der Waals surface area contributed by atoms with Gasteiger partial charge in [0.05, 0.1) is 18.2 Å². The molecule has 0 aliphatic rings. The van der Waals surface area contributed by atoms with Crippen LogP contribution in [0.2, 0.25) is 0 Å². The van der Waals surface area contributed by atoms with Crippen LogP contribution in [0.15, 0.2) is 109 Å². The Bertz CT molecular complexity index is 1520. The highest BCUT2D eigenvalue weighted by atomic mass is 16.5. The Labute approximate surface area is 204 Å². The number of ether oxygens (including phenoxy) is 1. The van der Waals surface area contributed by atoms with Crippen LogP contribution < -0.4 is 10.1 Å². The first kappa shape index (κ1) is 22.1. The van der Waals surface area contributed by atoms with Crippen molar-refractivity contribution in [3.63, 3.8) is 0 Å². The van der Waals surface area contributed by atoms with E-state index >= 15 is 0 Å². The molecule has 0 aliphatic carbocycles. The molecule has 0 spiro atoms. The lowest BCUT2D eigenvalue weighted by molar-refractivity contribution is 0.101. The van der Waals surface area contributed by atoms with Gasteiger partial charge in [-0.15, -0.1) is 0 Å². The van der Waals surface area contributed by atoms with E-state index < -0.39 is 0 Å². The molecule has 5 aromatic rings. The molecule has 4 heteroatoms. The Morgan fingerprint density at radius 3 is 2.17 bits per heavy atom. The quantitative estimate of drug-likeness (QED) is 0.313. The molecule has 0 saturated carbocycles. The van der Waals surface area contributed by atoms with Gasteiger partial charge in [-0.05, 0) is 48.0 Å². The number of amides is 1. The zero-order valence-electron chi connectivity index (χ0n) is 19.4. The highest BCUT2D eigenvalue weighted by Crippen LogP contribution is 2.28. The third kappa shape index (κ3) is 4.80. The normalized spacial score (nSPS) is 10.4. The van der Waals surface area contributed by atoms with Crippen molar-refractivity contribution in [2.45, 2.75) is 6.54 Å². The summed E-state index contributed by atoms with van der Waals surface area (Å²) in [6, 6.07) is 35.3. The number of hydrogen-bond acceptors (Lipinski definition) is 2. The summed E-state index contributed by atoms with van der Waals surface area (Å²) in [5.41, 5.74) is 4.91. The van der Waals surface area contributed by atoms with E-state index in [9.17, 15) is 4.79 Å². The number of methoxy groups -OCH3 is 1. The number of carbonyl (C=O) groups excluding carboxylic acids is 1. The second kappa shape index (κ2) is 10.0. The molecule has 5 rings (SSSR count). The average molecular weight is 457 g/mol. The second-order valence-corrected chi connectivity index (χ2v) is 8.11. The number of fused-ring (bicyclic) bond motifs is 1. The summed E-state index contributed by atoms with van der Waals surface area (Å²) in [6.07, 6.45) is 0. The van der Waals surface area contributed by atoms with Crippen molar-refractivity contribution in [3.8, 4) is 17.6 Å². The first-order valence-corrected chi connectivity index (χ1v) is 11.4. The summed E-state index contributed by atoms with van der Waals surface area (Å²) in [4.78, 5) is 13.8. The van der Waals surface area contributed by atoms with Gasteiger partial charge in [0.25, 0.3) is 5.91 Å². The first-order valence-electron chi connectivity index (χ1n) is 11.4. The van der Waals surface area contributed by atoms with Gasteiger partial charge >= 0.3 is 0 Å². The summed E-state index contributed by atoms with van der Waals surface area (Å²) >= 11 is 0. The Balaban J connectivity index is 1.65. The number of nitrogens with one attached hydrogen (secondary N) is 1. The van der Waals surface area contributed by atoms with E-state index in [2.05, 4.69) is 33.9 Å². The SMILES string of the molecule is COc1ccc(NC(=O)c2c(C#Cc3ccccc3)c3ccccc3n2Cc2ccccc2)cc1. The van der Waals surface area contributed by atoms with E-state index in [4.69, 9.17) is 4.74 Å². The number of para-hydroxylation sites is 1. The predicted molar refractivity (Wildman–Crippen MR) is 141 cm³/mol. The van der Waals surface area contributed by atoms with Crippen LogP contribution in [0.3, 0.4) is 0 Å². The van der Waals surface area contributed by atoms with Crippen molar-refractivity contribution >= 4 is 22.5 Å². The molecule has 0 aliphatic heterocycles. The Morgan fingerprint density at radius 2 is 1.46 bits per heavy atom. The van der Waals surface area contributed by atoms with Gasteiger partial charge in [0.1, 0.15) is 11.4 Å². The molecule has 1 N–H and O–H groups in total. The molecular formula is C31H24N2O2. The van der Waals surface area contributed by atoms with Crippen LogP contribution in [0, 0.1) is 11.8 Å². The smallest absolute Gasteiger partial charge is 0.273 e. The second-order valence-electron chi connectivity index (χ2n) is 8.11. The van der Waals surface area contributed by atoms with Gasteiger partial charge in [-0.25, -0.2) is 0 Å². The monoisotopic (exact) mass is 456 g/mol. The molecule has 0 fully saturated rings. The molecule has 1 amide bonds. The third-order valence-electron chi connectivity index (χ3n) is 5.82. The molecule has 0 radical (unpaired) electrons. The van der Waals surface area contributed by atoms with Crippen molar-refractivity contribution in [2.75, 3.05) is 12.4 Å². The molecule has 0 bridgehead atoms. The fourth-order valence-corrected chi connectivity index (χ4v) is 4.12. The number of rotatable bonds is 5. The molecule has 0 atom stereocenters. The van der Waals surface area contributed by atoms with Crippen molar-refractivity contribution in [1.29, 1.82) is 0 Å². The molecule has 0 saturated heterocycles. The minimum absolute atomic E-state index is 0.209. The largest absolute Gasteiger partial charge is 0.497 e. The molecule has 4 aromatic carbocycles. The molecule has 0 unspecified atom stereocenters. The van der Waals surface area contributed by atoms with Gasteiger partial charge in [-0.1, -0.05) is 78.6 Å². The van der Waals surface area contributed by atoms with E-state index in [0.717, 1.165) is 27.8 Å². The molecular weight excluding hydrogens is 432 g/mol. The van der Waals surface area contributed by atoms with Gasteiger partial charge in [-0.2, -0.15) is 0 Å². The first-order chi connectivity index (χ1) is 17.2. The minimum atomic E-state index is -0.209. The maximum atomic E-state index is 13.8. The van der Waals surface area contributed by atoms with E-state index in [1.807, 2.05) is 97.1 Å². The number of aromatic nitrogens is 1. The molecule has 170 valence electrons. The Kier molecular flexibility index (Phi) is 6.32. The van der Waals surface area contributed by atoms with Crippen LogP contribution in [0.5, 0.6) is 5.75 Å². The molecule has 4 nitrogen and oxygen atoms in total. The van der Waals surface area contributed by atoms with E-state index in [1.54, 1.807) is 7.11 Å². The number of benzene rings is 4. The highest BCUT2D eigenvalue weighted by Gasteiger charge is 2.22. The summed E-state index contributed by atoms with van der Waals surface area (Å²) in [6.45, 7) is 0.555. The fourth-order valence-electron chi connectivity index (χ4n) is 4.12. The maximum Gasteiger partial charge on any atom is 0.273 e. The molecule has 1 aromatic heterocycles. The zero-order chi connectivity index (χ0) is 24.0. The topological polar surface area (TPSA) is 43.3 Å². The lowest BCUT2D eigenvalue weighted by Gasteiger charge is -2.12.